The van der Waals surface area contributed by atoms with Crippen molar-refractivity contribution in [3.8, 4) is 11.4 Å². The first-order valence-corrected chi connectivity index (χ1v) is 12.7. The van der Waals surface area contributed by atoms with Gasteiger partial charge < -0.3 is 25.7 Å². The number of hydrogen-bond donors (Lipinski definition) is 4. The molecule has 0 spiro atoms. The lowest BCUT2D eigenvalue weighted by Crippen LogP contribution is -2.37. The molecule has 1 fully saturated rings. The number of pyridine rings is 1. The van der Waals surface area contributed by atoms with E-state index in [2.05, 4.69) is 25.8 Å². The van der Waals surface area contributed by atoms with Gasteiger partial charge in [0.15, 0.2) is 0 Å². The molecule has 40 heavy (non-hydrogen) atoms. The average Bonchev–Trinajstić information content (AvgIpc) is 3.53. The van der Waals surface area contributed by atoms with Gasteiger partial charge in [0.25, 0.3) is 5.91 Å². The van der Waals surface area contributed by atoms with Crippen LogP contribution in [0, 0.1) is 11.2 Å². The van der Waals surface area contributed by atoms with Gasteiger partial charge in [0.05, 0.1) is 17.5 Å². The van der Waals surface area contributed by atoms with Crippen molar-refractivity contribution in [2.75, 3.05) is 18.4 Å². The highest BCUT2D eigenvalue weighted by Crippen LogP contribution is 2.48. The molecule has 5 rings (SSSR count). The van der Waals surface area contributed by atoms with Crippen molar-refractivity contribution >= 4 is 23.5 Å². The van der Waals surface area contributed by atoms with Gasteiger partial charge in [-0.2, -0.15) is 4.98 Å². The van der Waals surface area contributed by atoms with Crippen LogP contribution in [0.2, 0.25) is 0 Å². The van der Waals surface area contributed by atoms with Gasteiger partial charge in [0.2, 0.25) is 17.6 Å². The maximum atomic E-state index is 14.7. The highest BCUT2D eigenvalue weighted by Gasteiger charge is 2.48. The van der Waals surface area contributed by atoms with Crippen LogP contribution in [0.4, 0.5) is 18.9 Å². The summed E-state index contributed by atoms with van der Waals surface area (Å²) in [5.41, 5.74) is 0.663. The van der Waals surface area contributed by atoms with Crippen LogP contribution in [0.3, 0.4) is 0 Å². The number of aromatic nitrogens is 4. The zero-order valence-corrected chi connectivity index (χ0v) is 21.8. The van der Waals surface area contributed by atoms with Gasteiger partial charge in [0, 0.05) is 55.7 Å². The van der Waals surface area contributed by atoms with Crippen molar-refractivity contribution in [2.24, 2.45) is 0 Å². The third-order valence-corrected chi connectivity index (χ3v) is 6.67. The number of hydrogen-bond acceptors (Lipinski definition) is 8. The van der Waals surface area contributed by atoms with E-state index in [1.165, 1.54) is 24.5 Å². The predicted molar refractivity (Wildman–Crippen MR) is 140 cm³/mol. The van der Waals surface area contributed by atoms with Crippen LogP contribution < -0.4 is 10.6 Å². The van der Waals surface area contributed by atoms with Crippen LogP contribution in [-0.4, -0.2) is 61.4 Å². The quantitative estimate of drug-likeness (QED) is 0.213. The van der Waals surface area contributed by atoms with Gasteiger partial charge in [-0.15, -0.1) is 0 Å². The van der Waals surface area contributed by atoms with E-state index in [0.29, 0.717) is 24.3 Å². The number of nitrogens with zero attached hydrogens (tertiary/aromatic N) is 4. The Balaban J connectivity index is 1.34. The third-order valence-electron chi connectivity index (χ3n) is 6.67. The van der Waals surface area contributed by atoms with Gasteiger partial charge in [-0.1, -0.05) is 11.2 Å². The number of carbonyl (C=O) groups excluding carboxylic acids is 1. The maximum absolute atomic E-state index is 14.7. The minimum Gasteiger partial charge on any atom is -0.389 e. The summed E-state index contributed by atoms with van der Waals surface area (Å²) in [5.74, 6) is -4.73. The van der Waals surface area contributed by atoms with E-state index in [1.807, 2.05) is 0 Å². The van der Waals surface area contributed by atoms with E-state index in [1.54, 1.807) is 36.6 Å². The highest BCUT2D eigenvalue weighted by atomic mass is 19.3. The molecule has 4 aromatic rings. The highest BCUT2D eigenvalue weighted by molar-refractivity contribution is 6.03. The molecular formula is C27H28F3N7O3. The molecule has 1 aliphatic rings. The molecule has 10 nitrogen and oxygen atoms in total. The topological polar surface area (TPSA) is 141 Å². The van der Waals surface area contributed by atoms with Gasteiger partial charge in [-0.25, -0.2) is 18.2 Å². The molecular weight excluding hydrogens is 527 g/mol. The molecule has 1 unspecified atom stereocenters. The summed E-state index contributed by atoms with van der Waals surface area (Å²) in [7, 11) is 0. The van der Waals surface area contributed by atoms with Crippen LogP contribution in [0.1, 0.15) is 60.5 Å². The molecule has 4 N–H and O–H groups in total. The molecule has 0 radical (unpaired) electrons. The molecule has 1 aliphatic carbocycles. The molecule has 3 heterocycles. The molecule has 0 aliphatic heterocycles. The molecule has 1 amide bonds. The Hall–Kier alpha value is -4.10. The van der Waals surface area contributed by atoms with Crippen molar-refractivity contribution in [3.63, 3.8) is 0 Å². The molecule has 1 atom stereocenters. The fraction of sp³-hybridized carbons (Fsp3) is 0.370. The molecule has 0 saturated heterocycles. The van der Waals surface area contributed by atoms with Crippen molar-refractivity contribution in [1.82, 2.24) is 24.8 Å². The Morgan fingerprint density at radius 1 is 1.32 bits per heavy atom. The van der Waals surface area contributed by atoms with Crippen LogP contribution >= 0.6 is 0 Å². The number of imidazole rings is 1. The lowest BCUT2D eigenvalue weighted by atomic mass is 9.81. The summed E-state index contributed by atoms with van der Waals surface area (Å²) in [6.45, 7) is 4.09. The minimum absolute atomic E-state index is 0.0934. The number of anilines is 1. The maximum Gasteiger partial charge on any atom is 0.274 e. The standard InChI is InChI=1S/C27H28F3N7O3/c1-26(2,39)14-32-11-18(10-31)16-4-6-22-33-12-21(37(22)13-16)24(38)34-20-7-15(3-5-19(20)28)23-35-25(40-36-23)17-8-27(29,30)9-17/h3-7,10,12-13,17-18,31-32,39H,8-9,11,14H2,1-2H3,(H,34,38). The number of benzene rings is 1. The predicted octanol–water partition coefficient (Wildman–Crippen LogP) is 4.38. The minimum atomic E-state index is -2.74. The Morgan fingerprint density at radius 2 is 2.10 bits per heavy atom. The third kappa shape index (κ3) is 5.89. The normalized spacial score (nSPS) is 16.1. The summed E-state index contributed by atoms with van der Waals surface area (Å²) >= 11 is 0. The van der Waals surface area contributed by atoms with Crippen LogP contribution in [0.15, 0.2) is 47.2 Å². The summed E-state index contributed by atoms with van der Waals surface area (Å²) in [5, 5.41) is 27.3. The first-order valence-electron chi connectivity index (χ1n) is 12.7. The number of amides is 1. The molecule has 13 heteroatoms. The molecule has 3 aromatic heterocycles. The van der Waals surface area contributed by atoms with E-state index in [0.717, 1.165) is 11.6 Å². The molecule has 1 aromatic carbocycles. The second kappa shape index (κ2) is 10.5. The first kappa shape index (κ1) is 27.5. The lowest BCUT2D eigenvalue weighted by molar-refractivity contribution is -0.0925. The van der Waals surface area contributed by atoms with Crippen LogP contribution in [0.25, 0.3) is 17.0 Å². The van der Waals surface area contributed by atoms with E-state index >= 15 is 0 Å². The van der Waals surface area contributed by atoms with E-state index in [4.69, 9.17) is 9.93 Å². The number of fused-ring (bicyclic) bond motifs is 1. The monoisotopic (exact) mass is 555 g/mol. The van der Waals surface area contributed by atoms with Crippen molar-refractivity contribution in [1.29, 1.82) is 5.41 Å². The Labute approximate surface area is 227 Å². The molecule has 0 bridgehead atoms. The second-order valence-corrected chi connectivity index (χ2v) is 10.6. The van der Waals surface area contributed by atoms with E-state index < -0.39 is 29.2 Å². The van der Waals surface area contributed by atoms with Crippen molar-refractivity contribution in [2.45, 2.75) is 50.0 Å². The van der Waals surface area contributed by atoms with Gasteiger partial charge >= 0.3 is 0 Å². The lowest BCUT2D eigenvalue weighted by Gasteiger charge is -2.31. The summed E-state index contributed by atoms with van der Waals surface area (Å²) < 4.78 is 47.8. The average molecular weight is 556 g/mol. The van der Waals surface area contributed by atoms with Crippen LogP contribution in [0.5, 0.6) is 0 Å². The zero-order valence-electron chi connectivity index (χ0n) is 21.8. The Morgan fingerprint density at radius 3 is 2.80 bits per heavy atom. The Kier molecular flexibility index (Phi) is 7.19. The Bertz CT molecular complexity index is 1550. The van der Waals surface area contributed by atoms with Gasteiger partial charge in [0.1, 0.15) is 17.2 Å². The summed E-state index contributed by atoms with van der Waals surface area (Å²) in [4.78, 5) is 21.6. The zero-order chi connectivity index (χ0) is 28.7. The number of halogens is 3. The van der Waals surface area contributed by atoms with Crippen molar-refractivity contribution in [3.05, 3.63) is 65.7 Å². The summed E-state index contributed by atoms with van der Waals surface area (Å²) in [6, 6.07) is 7.40. The van der Waals surface area contributed by atoms with Gasteiger partial charge in [-0.05, 0) is 43.7 Å². The number of carbonyl (C=O) groups is 1. The van der Waals surface area contributed by atoms with E-state index in [-0.39, 0.29) is 41.9 Å². The molecule has 1 saturated carbocycles. The largest absolute Gasteiger partial charge is 0.389 e. The number of aliphatic hydroxyl groups is 1. The van der Waals surface area contributed by atoms with Gasteiger partial charge in [-0.3, -0.25) is 9.20 Å². The fourth-order valence-electron chi connectivity index (χ4n) is 4.49. The first-order chi connectivity index (χ1) is 18.9. The fourth-order valence-corrected chi connectivity index (χ4v) is 4.49. The number of alkyl halides is 2. The van der Waals surface area contributed by atoms with E-state index in [9.17, 15) is 23.1 Å². The number of rotatable bonds is 10. The second-order valence-electron chi connectivity index (χ2n) is 10.6. The summed E-state index contributed by atoms with van der Waals surface area (Å²) in [6.07, 6.45) is 3.60. The van der Waals surface area contributed by atoms with Crippen molar-refractivity contribution < 1.29 is 27.6 Å². The molecule has 210 valence electrons. The number of nitrogens with one attached hydrogen (secondary N) is 3. The smallest absolute Gasteiger partial charge is 0.274 e. The van der Waals surface area contributed by atoms with Crippen LogP contribution in [-0.2, 0) is 0 Å². The SMILES string of the molecule is CC(C)(O)CNCC(C=N)c1ccc2ncc(C(=O)Nc3cc(-c4noc(C5CC(F)(F)C5)n4)ccc3F)n2c1.